The van der Waals surface area contributed by atoms with Gasteiger partial charge in [-0.15, -0.1) is 10.2 Å². The fraction of sp³-hybridized carbons (Fsp3) is 0.133. The van der Waals surface area contributed by atoms with Crippen molar-refractivity contribution in [3.05, 3.63) is 42.0 Å². The highest BCUT2D eigenvalue weighted by Gasteiger charge is 2.09. The third-order valence-electron chi connectivity index (χ3n) is 3.29. The molecular formula is C15H15N5OS. The molecule has 0 spiro atoms. The number of fused-ring (bicyclic) bond motifs is 1. The van der Waals surface area contributed by atoms with Crippen LogP contribution in [0.3, 0.4) is 0 Å². The minimum atomic E-state index is 0.227. The number of anilines is 1. The number of hydrogen-bond acceptors (Lipinski definition) is 4. The van der Waals surface area contributed by atoms with Gasteiger partial charge in [-0.2, -0.15) is 4.80 Å². The molecule has 0 saturated heterocycles. The summed E-state index contributed by atoms with van der Waals surface area (Å²) in [6.45, 7) is 1.96. The predicted molar refractivity (Wildman–Crippen MR) is 90.6 cm³/mol. The number of methoxy groups -OCH3 is 1. The summed E-state index contributed by atoms with van der Waals surface area (Å²) in [4.78, 5) is 1.59. The van der Waals surface area contributed by atoms with Crippen molar-refractivity contribution in [2.75, 3.05) is 12.4 Å². The van der Waals surface area contributed by atoms with Gasteiger partial charge in [-0.25, -0.2) is 0 Å². The Morgan fingerprint density at radius 3 is 2.41 bits per heavy atom. The Balaban J connectivity index is 2.03. The fourth-order valence-corrected chi connectivity index (χ4v) is 2.28. The minimum Gasteiger partial charge on any atom is -0.497 e. The van der Waals surface area contributed by atoms with Gasteiger partial charge in [0.05, 0.1) is 12.8 Å². The first-order valence-electron chi connectivity index (χ1n) is 6.65. The lowest BCUT2D eigenvalue weighted by Gasteiger charge is -2.06. The maximum Gasteiger partial charge on any atom is 0.168 e. The summed E-state index contributed by atoms with van der Waals surface area (Å²) < 4.78 is 5.15. The Morgan fingerprint density at radius 1 is 1.18 bits per heavy atom. The summed E-state index contributed by atoms with van der Waals surface area (Å²) in [5.41, 5.74) is 9.80. The van der Waals surface area contributed by atoms with Crippen LogP contribution in [0.15, 0.2) is 36.4 Å². The molecule has 0 unspecified atom stereocenters. The maximum atomic E-state index is 5.53. The third kappa shape index (κ3) is 2.71. The van der Waals surface area contributed by atoms with Gasteiger partial charge >= 0.3 is 0 Å². The van der Waals surface area contributed by atoms with E-state index in [1.807, 2.05) is 43.3 Å². The van der Waals surface area contributed by atoms with E-state index in [9.17, 15) is 0 Å². The van der Waals surface area contributed by atoms with Crippen molar-refractivity contribution in [2.24, 2.45) is 5.73 Å². The number of nitrogens with two attached hydrogens (primary N) is 1. The molecule has 0 bridgehead atoms. The number of rotatable bonds is 3. The molecular weight excluding hydrogens is 298 g/mol. The van der Waals surface area contributed by atoms with Crippen molar-refractivity contribution in [1.29, 1.82) is 0 Å². The normalized spacial score (nSPS) is 10.6. The van der Waals surface area contributed by atoms with Gasteiger partial charge < -0.3 is 15.8 Å². The lowest BCUT2D eigenvalue weighted by atomic mass is 10.2. The number of nitrogens with one attached hydrogen (secondary N) is 1. The van der Waals surface area contributed by atoms with Crippen LogP contribution >= 0.6 is 12.2 Å². The predicted octanol–water partition coefficient (Wildman–Crippen LogP) is 2.39. The zero-order chi connectivity index (χ0) is 15.7. The summed E-state index contributed by atoms with van der Waals surface area (Å²) >= 11 is 4.88. The third-order valence-corrected chi connectivity index (χ3v) is 3.39. The second kappa shape index (κ2) is 5.61. The number of ether oxygens (including phenoxy) is 1. The second-order valence-electron chi connectivity index (χ2n) is 4.83. The van der Waals surface area contributed by atoms with E-state index < -0.39 is 0 Å². The highest BCUT2D eigenvalue weighted by Crippen LogP contribution is 2.22. The van der Waals surface area contributed by atoms with E-state index in [1.165, 1.54) is 0 Å². The van der Waals surface area contributed by atoms with Crippen LogP contribution in [0.5, 0.6) is 5.75 Å². The van der Waals surface area contributed by atoms with Gasteiger partial charge in [-0.1, -0.05) is 0 Å². The lowest BCUT2D eigenvalue weighted by Crippen LogP contribution is -2.19. The monoisotopic (exact) mass is 313 g/mol. The number of nitrogens with zero attached hydrogens (tertiary/aromatic N) is 3. The average Bonchev–Trinajstić information content (AvgIpc) is 2.90. The molecule has 2 aromatic carbocycles. The molecule has 22 heavy (non-hydrogen) atoms. The molecule has 0 aliphatic heterocycles. The van der Waals surface area contributed by atoms with Gasteiger partial charge in [0.25, 0.3) is 0 Å². The summed E-state index contributed by atoms with van der Waals surface area (Å²) in [5.74, 6) is 0.791. The number of aromatic nitrogens is 3. The Labute approximate surface area is 132 Å². The van der Waals surface area contributed by atoms with Crippen molar-refractivity contribution >= 4 is 34.1 Å². The second-order valence-corrected chi connectivity index (χ2v) is 5.27. The van der Waals surface area contributed by atoms with Gasteiger partial charge in [0.15, 0.2) is 5.11 Å². The molecule has 0 aliphatic rings. The molecule has 0 amide bonds. The van der Waals surface area contributed by atoms with E-state index in [0.717, 1.165) is 33.7 Å². The van der Waals surface area contributed by atoms with Gasteiger partial charge in [0, 0.05) is 5.69 Å². The lowest BCUT2D eigenvalue weighted by molar-refractivity contribution is 0.414. The molecule has 0 aliphatic carbocycles. The van der Waals surface area contributed by atoms with Crippen molar-refractivity contribution in [3.8, 4) is 11.4 Å². The van der Waals surface area contributed by atoms with Crippen LogP contribution in [0.1, 0.15) is 5.56 Å². The zero-order valence-corrected chi connectivity index (χ0v) is 13.0. The molecule has 1 aromatic heterocycles. The van der Waals surface area contributed by atoms with Crippen LogP contribution in [-0.2, 0) is 0 Å². The first kappa shape index (κ1) is 14.3. The summed E-state index contributed by atoms with van der Waals surface area (Å²) in [5, 5.41) is 12.2. The van der Waals surface area contributed by atoms with Gasteiger partial charge in [-0.3, -0.25) is 0 Å². The molecule has 3 rings (SSSR count). The minimum absolute atomic E-state index is 0.227. The summed E-state index contributed by atoms with van der Waals surface area (Å²) in [7, 11) is 1.63. The Morgan fingerprint density at radius 2 is 1.82 bits per heavy atom. The number of benzene rings is 2. The molecule has 7 heteroatoms. The fourth-order valence-electron chi connectivity index (χ4n) is 2.17. The summed E-state index contributed by atoms with van der Waals surface area (Å²) in [6.07, 6.45) is 0. The largest absolute Gasteiger partial charge is 0.497 e. The quantitative estimate of drug-likeness (QED) is 0.723. The molecule has 3 N–H and O–H groups in total. The van der Waals surface area contributed by atoms with Crippen molar-refractivity contribution in [1.82, 2.24) is 15.0 Å². The Bertz CT molecular complexity index is 841. The topological polar surface area (TPSA) is 78.0 Å². The molecule has 6 nitrogen and oxygen atoms in total. The van der Waals surface area contributed by atoms with Crippen molar-refractivity contribution < 1.29 is 4.74 Å². The molecule has 1 heterocycles. The Hall–Kier alpha value is -2.67. The summed E-state index contributed by atoms with van der Waals surface area (Å²) in [6, 6.07) is 11.4. The SMILES string of the molecule is COc1ccc(-n2nc3cc(C)c(NC(N)=S)cc3n2)cc1. The molecule has 3 aromatic rings. The highest BCUT2D eigenvalue weighted by molar-refractivity contribution is 7.80. The maximum absolute atomic E-state index is 5.53. The van der Waals surface area contributed by atoms with Crippen LogP contribution in [0.2, 0.25) is 0 Å². The van der Waals surface area contributed by atoms with Crippen LogP contribution < -0.4 is 15.8 Å². The van der Waals surface area contributed by atoms with E-state index in [4.69, 9.17) is 22.7 Å². The van der Waals surface area contributed by atoms with Crippen LogP contribution in [0.25, 0.3) is 16.7 Å². The molecule has 0 fully saturated rings. The van der Waals surface area contributed by atoms with Crippen LogP contribution in [0.4, 0.5) is 5.69 Å². The number of hydrogen-bond donors (Lipinski definition) is 2. The first-order valence-corrected chi connectivity index (χ1v) is 7.06. The van der Waals surface area contributed by atoms with E-state index in [2.05, 4.69) is 15.5 Å². The van der Waals surface area contributed by atoms with Gasteiger partial charge in [0.2, 0.25) is 0 Å². The molecule has 0 saturated carbocycles. The average molecular weight is 313 g/mol. The number of aryl methyl sites for hydroxylation is 1. The van der Waals surface area contributed by atoms with E-state index >= 15 is 0 Å². The van der Waals surface area contributed by atoms with Crippen LogP contribution in [0, 0.1) is 6.92 Å². The molecule has 0 atom stereocenters. The molecule has 0 radical (unpaired) electrons. The first-order chi connectivity index (χ1) is 10.6. The number of thiocarbonyl (C=S) groups is 1. The van der Waals surface area contributed by atoms with E-state index in [0.29, 0.717) is 0 Å². The standard InChI is InChI=1S/C15H15N5OS/c1-9-7-13-14(8-12(9)17-15(16)22)19-20(18-13)10-3-5-11(21-2)6-4-10/h3-8H,1-2H3,(H3,16,17,22). The van der Waals surface area contributed by atoms with Crippen LogP contribution in [-0.4, -0.2) is 27.2 Å². The smallest absolute Gasteiger partial charge is 0.168 e. The van der Waals surface area contributed by atoms with Crippen molar-refractivity contribution in [2.45, 2.75) is 6.92 Å². The highest BCUT2D eigenvalue weighted by atomic mass is 32.1. The van der Waals surface area contributed by atoms with E-state index in [1.54, 1.807) is 11.9 Å². The zero-order valence-electron chi connectivity index (χ0n) is 12.2. The Kier molecular flexibility index (Phi) is 3.64. The molecule has 112 valence electrons. The van der Waals surface area contributed by atoms with E-state index in [-0.39, 0.29) is 5.11 Å². The van der Waals surface area contributed by atoms with Gasteiger partial charge in [0.1, 0.15) is 16.8 Å². The van der Waals surface area contributed by atoms with Crippen molar-refractivity contribution in [3.63, 3.8) is 0 Å². The van der Waals surface area contributed by atoms with Gasteiger partial charge in [-0.05, 0) is 61.1 Å².